The lowest BCUT2D eigenvalue weighted by atomic mass is 10.3. The van der Waals surface area contributed by atoms with Crippen LogP contribution in [0, 0.1) is 6.92 Å². The highest BCUT2D eigenvalue weighted by Crippen LogP contribution is 2.18. The molecule has 0 spiro atoms. The number of likely N-dealkylation sites (N-methyl/N-ethyl adjacent to an activating group) is 1. The molecule has 1 saturated heterocycles. The predicted octanol–water partition coefficient (Wildman–Crippen LogP) is 0.616. The number of hydrogen-bond acceptors (Lipinski definition) is 4. The molecule has 0 radical (unpaired) electrons. The monoisotopic (exact) mass is 308 g/mol. The molecule has 19 heavy (non-hydrogen) atoms. The van der Waals surface area contributed by atoms with Crippen molar-refractivity contribution >= 4 is 22.4 Å². The number of aryl methyl sites for hydroxylation is 2. The van der Waals surface area contributed by atoms with Crippen LogP contribution < -0.4 is 5.32 Å². The number of imidazole rings is 1. The van der Waals surface area contributed by atoms with Gasteiger partial charge in [-0.3, -0.25) is 0 Å². The van der Waals surface area contributed by atoms with E-state index < -0.39 is 10.0 Å². The molecule has 1 unspecified atom stereocenters. The summed E-state index contributed by atoms with van der Waals surface area (Å²) in [5.74, 6) is 0.731. The Morgan fingerprint density at radius 2 is 2.26 bits per heavy atom. The Hall–Kier alpha value is -0.630. The van der Waals surface area contributed by atoms with Crippen molar-refractivity contribution in [2.24, 2.45) is 0 Å². The van der Waals surface area contributed by atoms with Crippen LogP contribution in [0.1, 0.15) is 19.2 Å². The number of aromatic nitrogens is 2. The molecule has 8 heteroatoms. The minimum atomic E-state index is -3.47. The highest BCUT2D eigenvalue weighted by molar-refractivity contribution is 7.89. The first-order valence-corrected chi connectivity index (χ1v) is 7.63. The fourth-order valence-corrected chi connectivity index (χ4v) is 3.59. The Bertz CT molecular complexity index is 523. The van der Waals surface area contributed by atoms with E-state index in [0.29, 0.717) is 6.54 Å². The zero-order chi connectivity index (χ0) is 13.3. The molecular formula is C11H21ClN4O2S. The smallest absolute Gasteiger partial charge is 0.262 e. The minimum absolute atomic E-state index is 0. The fraction of sp³-hybridized carbons (Fsp3) is 0.727. The Kier molecular flexibility index (Phi) is 5.37. The van der Waals surface area contributed by atoms with Crippen molar-refractivity contribution in [3.63, 3.8) is 0 Å². The maximum atomic E-state index is 12.4. The summed E-state index contributed by atoms with van der Waals surface area (Å²) in [6.45, 7) is 6.09. The van der Waals surface area contributed by atoms with Crippen LogP contribution in [0.25, 0.3) is 0 Å². The Morgan fingerprint density at radius 1 is 1.58 bits per heavy atom. The largest absolute Gasteiger partial charge is 0.334 e. The van der Waals surface area contributed by atoms with E-state index in [9.17, 15) is 8.42 Å². The molecule has 1 aromatic heterocycles. The van der Waals surface area contributed by atoms with Crippen LogP contribution in [-0.2, 0) is 16.6 Å². The highest BCUT2D eigenvalue weighted by atomic mass is 35.5. The second kappa shape index (κ2) is 6.21. The first kappa shape index (κ1) is 16.4. The SMILES string of the molecule is CCn1cc(S(=O)(=O)N(C)C2CCNC2)nc1C.Cl. The molecule has 1 atom stereocenters. The van der Waals surface area contributed by atoms with Crippen LogP contribution in [0.5, 0.6) is 0 Å². The summed E-state index contributed by atoms with van der Waals surface area (Å²) in [6, 6.07) is 0.0297. The third-order valence-electron chi connectivity index (χ3n) is 3.49. The third kappa shape index (κ3) is 3.10. The van der Waals surface area contributed by atoms with E-state index in [-0.39, 0.29) is 23.5 Å². The molecule has 0 aromatic carbocycles. The second-order valence-electron chi connectivity index (χ2n) is 4.58. The van der Waals surface area contributed by atoms with Gasteiger partial charge >= 0.3 is 0 Å². The van der Waals surface area contributed by atoms with Crippen LogP contribution in [-0.4, -0.2) is 48.5 Å². The van der Waals surface area contributed by atoms with Gasteiger partial charge in [0.2, 0.25) is 0 Å². The van der Waals surface area contributed by atoms with Gasteiger partial charge in [0.05, 0.1) is 0 Å². The molecule has 0 saturated carbocycles. The standard InChI is InChI=1S/C11H20N4O2S.ClH/c1-4-15-8-11(13-9(15)2)18(16,17)14(3)10-5-6-12-7-10;/h8,10,12H,4-7H2,1-3H3;1H. The highest BCUT2D eigenvalue weighted by Gasteiger charge is 2.31. The Labute approximate surface area is 120 Å². The van der Waals surface area contributed by atoms with Gasteiger partial charge < -0.3 is 9.88 Å². The van der Waals surface area contributed by atoms with Gasteiger partial charge in [0.1, 0.15) is 5.82 Å². The maximum Gasteiger partial charge on any atom is 0.262 e. The van der Waals surface area contributed by atoms with E-state index >= 15 is 0 Å². The van der Waals surface area contributed by atoms with Crippen LogP contribution in [0.2, 0.25) is 0 Å². The Morgan fingerprint density at radius 3 is 2.74 bits per heavy atom. The lowest BCUT2D eigenvalue weighted by molar-refractivity contribution is 0.386. The van der Waals surface area contributed by atoms with Crippen LogP contribution >= 0.6 is 12.4 Å². The first-order valence-electron chi connectivity index (χ1n) is 6.19. The van der Waals surface area contributed by atoms with Crippen LogP contribution in [0.4, 0.5) is 0 Å². The van der Waals surface area contributed by atoms with Crippen molar-refractivity contribution < 1.29 is 8.42 Å². The Balaban J connectivity index is 0.00000180. The van der Waals surface area contributed by atoms with Crippen molar-refractivity contribution in [3.8, 4) is 0 Å². The van der Waals surface area contributed by atoms with Crippen molar-refractivity contribution in [3.05, 3.63) is 12.0 Å². The van der Waals surface area contributed by atoms with Gasteiger partial charge in [0.15, 0.2) is 5.03 Å². The molecule has 1 aromatic rings. The summed E-state index contributed by atoms with van der Waals surface area (Å²) < 4.78 is 28.1. The van der Waals surface area contributed by atoms with Crippen LogP contribution in [0.15, 0.2) is 11.2 Å². The van der Waals surface area contributed by atoms with Gasteiger partial charge in [-0.1, -0.05) is 0 Å². The topological polar surface area (TPSA) is 67.2 Å². The van der Waals surface area contributed by atoms with E-state index in [0.717, 1.165) is 25.3 Å². The average molecular weight is 309 g/mol. The van der Waals surface area contributed by atoms with Crippen molar-refractivity contribution in [2.75, 3.05) is 20.1 Å². The number of nitrogens with zero attached hydrogens (tertiary/aromatic N) is 3. The molecule has 0 aliphatic carbocycles. The van der Waals surface area contributed by atoms with Gasteiger partial charge in [-0.25, -0.2) is 13.4 Å². The molecule has 2 heterocycles. The minimum Gasteiger partial charge on any atom is -0.334 e. The van der Waals surface area contributed by atoms with Gasteiger partial charge in [-0.2, -0.15) is 4.31 Å². The molecule has 1 aliphatic heterocycles. The number of halogens is 1. The first-order chi connectivity index (χ1) is 8.46. The normalized spacial score (nSPS) is 19.7. The van der Waals surface area contributed by atoms with E-state index in [1.165, 1.54) is 4.31 Å². The summed E-state index contributed by atoms with van der Waals surface area (Å²) in [4.78, 5) is 4.16. The maximum absolute atomic E-state index is 12.4. The number of rotatable bonds is 4. The number of sulfonamides is 1. The summed E-state index contributed by atoms with van der Waals surface area (Å²) in [5.41, 5.74) is 0. The molecule has 2 rings (SSSR count). The molecule has 0 amide bonds. The van der Waals surface area contributed by atoms with Gasteiger partial charge in [0, 0.05) is 32.4 Å². The zero-order valence-corrected chi connectivity index (χ0v) is 13.1. The van der Waals surface area contributed by atoms with Gasteiger partial charge in [-0.05, 0) is 26.8 Å². The summed E-state index contributed by atoms with van der Waals surface area (Å²) >= 11 is 0. The molecular weight excluding hydrogens is 288 g/mol. The molecule has 1 N–H and O–H groups in total. The number of hydrogen-bond donors (Lipinski definition) is 1. The van der Waals surface area contributed by atoms with Crippen molar-refractivity contribution in [1.29, 1.82) is 0 Å². The van der Waals surface area contributed by atoms with Gasteiger partial charge in [0.25, 0.3) is 10.0 Å². The van der Waals surface area contributed by atoms with E-state index in [2.05, 4.69) is 10.3 Å². The molecule has 0 bridgehead atoms. The lowest BCUT2D eigenvalue weighted by Gasteiger charge is -2.21. The summed E-state index contributed by atoms with van der Waals surface area (Å²) in [7, 11) is -1.84. The molecule has 6 nitrogen and oxygen atoms in total. The van der Waals surface area contributed by atoms with Crippen LogP contribution in [0.3, 0.4) is 0 Å². The van der Waals surface area contributed by atoms with Crippen molar-refractivity contribution in [2.45, 2.75) is 37.9 Å². The van der Waals surface area contributed by atoms with Gasteiger partial charge in [-0.15, -0.1) is 12.4 Å². The van der Waals surface area contributed by atoms with E-state index in [1.54, 1.807) is 13.2 Å². The van der Waals surface area contributed by atoms with E-state index in [1.807, 2.05) is 18.4 Å². The number of nitrogens with one attached hydrogen (secondary N) is 1. The summed E-state index contributed by atoms with van der Waals surface area (Å²) in [5, 5.41) is 3.32. The second-order valence-corrected chi connectivity index (χ2v) is 6.52. The third-order valence-corrected chi connectivity index (χ3v) is 5.27. The lowest BCUT2D eigenvalue weighted by Crippen LogP contribution is -2.38. The molecule has 1 fully saturated rings. The predicted molar refractivity (Wildman–Crippen MR) is 76.1 cm³/mol. The zero-order valence-electron chi connectivity index (χ0n) is 11.5. The molecule has 1 aliphatic rings. The van der Waals surface area contributed by atoms with Crippen molar-refractivity contribution in [1.82, 2.24) is 19.2 Å². The fourth-order valence-electron chi connectivity index (χ4n) is 2.22. The average Bonchev–Trinajstić information content (AvgIpc) is 2.96. The summed E-state index contributed by atoms with van der Waals surface area (Å²) in [6.07, 6.45) is 2.47. The molecule has 110 valence electrons. The van der Waals surface area contributed by atoms with E-state index in [4.69, 9.17) is 0 Å². The quantitative estimate of drug-likeness (QED) is 0.885.